The maximum absolute atomic E-state index is 3.79. The van der Waals surface area contributed by atoms with E-state index < -0.39 is 0 Å². The van der Waals surface area contributed by atoms with Gasteiger partial charge in [-0.05, 0) is 44.1 Å². The summed E-state index contributed by atoms with van der Waals surface area (Å²) in [5, 5.41) is 3.79. The first-order valence-electron chi connectivity index (χ1n) is 7.51. The second-order valence-electron chi connectivity index (χ2n) is 5.72. The molecule has 1 nitrogen and oxygen atoms in total. The number of hydrogen-bond acceptors (Lipinski definition) is 1. The van der Waals surface area contributed by atoms with E-state index in [-0.39, 0.29) is 0 Å². The number of hydrogen-bond donors (Lipinski definition) is 1. The SMILES string of the molecule is CCCCC(NCCC)C1CCC(C)CC1. The smallest absolute Gasteiger partial charge is 0.00953 e. The third-order valence-corrected chi connectivity index (χ3v) is 4.15. The molecule has 1 aliphatic carbocycles. The highest BCUT2D eigenvalue weighted by molar-refractivity contribution is 4.80. The van der Waals surface area contributed by atoms with Gasteiger partial charge in [0, 0.05) is 6.04 Å². The minimum Gasteiger partial charge on any atom is -0.314 e. The average Bonchev–Trinajstić information content (AvgIpc) is 2.31. The van der Waals surface area contributed by atoms with Crippen LogP contribution < -0.4 is 5.32 Å². The van der Waals surface area contributed by atoms with Gasteiger partial charge in [-0.2, -0.15) is 0 Å². The Morgan fingerprint density at radius 2 is 1.75 bits per heavy atom. The van der Waals surface area contributed by atoms with E-state index >= 15 is 0 Å². The average molecular weight is 225 g/mol. The van der Waals surface area contributed by atoms with Crippen LogP contribution in [0.3, 0.4) is 0 Å². The van der Waals surface area contributed by atoms with Crippen molar-refractivity contribution in [3.05, 3.63) is 0 Å². The van der Waals surface area contributed by atoms with E-state index in [1.54, 1.807) is 0 Å². The van der Waals surface area contributed by atoms with Crippen molar-refractivity contribution in [2.75, 3.05) is 6.54 Å². The van der Waals surface area contributed by atoms with Gasteiger partial charge in [0.2, 0.25) is 0 Å². The molecule has 0 aromatic carbocycles. The van der Waals surface area contributed by atoms with Crippen molar-refractivity contribution in [2.45, 2.75) is 78.2 Å². The Hall–Kier alpha value is -0.0400. The van der Waals surface area contributed by atoms with Gasteiger partial charge in [0.1, 0.15) is 0 Å². The van der Waals surface area contributed by atoms with Crippen LogP contribution in [0.25, 0.3) is 0 Å². The maximum Gasteiger partial charge on any atom is 0.00953 e. The highest BCUT2D eigenvalue weighted by atomic mass is 14.9. The van der Waals surface area contributed by atoms with Crippen molar-refractivity contribution in [1.82, 2.24) is 5.32 Å². The second kappa shape index (κ2) is 8.11. The van der Waals surface area contributed by atoms with Crippen LogP contribution in [0, 0.1) is 11.8 Å². The molecular weight excluding hydrogens is 194 g/mol. The van der Waals surface area contributed by atoms with E-state index in [1.807, 2.05) is 0 Å². The van der Waals surface area contributed by atoms with Crippen molar-refractivity contribution in [3.8, 4) is 0 Å². The second-order valence-corrected chi connectivity index (χ2v) is 5.72. The highest BCUT2D eigenvalue weighted by Gasteiger charge is 2.24. The first-order chi connectivity index (χ1) is 7.77. The van der Waals surface area contributed by atoms with Gasteiger partial charge in [-0.15, -0.1) is 0 Å². The molecule has 0 aliphatic heterocycles. The first-order valence-corrected chi connectivity index (χ1v) is 7.51. The summed E-state index contributed by atoms with van der Waals surface area (Å²) in [6, 6.07) is 0.812. The van der Waals surface area contributed by atoms with Crippen LogP contribution in [-0.4, -0.2) is 12.6 Å². The molecule has 1 heteroatoms. The van der Waals surface area contributed by atoms with Crippen LogP contribution >= 0.6 is 0 Å². The summed E-state index contributed by atoms with van der Waals surface area (Å²) in [7, 11) is 0. The molecule has 96 valence electrons. The standard InChI is InChI=1S/C15H31N/c1-4-6-7-15(16-12-5-2)14-10-8-13(3)9-11-14/h13-16H,4-12H2,1-3H3. The minimum atomic E-state index is 0.812. The van der Waals surface area contributed by atoms with Gasteiger partial charge in [-0.25, -0.2) is 0 Å². The van der Waals surface area contributed by atoms with Crippen LogP contribution in [0.1, 0.15) is 72.1 Å². The molecule has 0 amide bonds. The molecule has 0 bridgehead atoms. The molecule has 0 aromatic rings. The molecular formula is C15H31N. The molecule has 16 heavy (non-hydrogen) atoms. The molecule has 0 aromatic heterocycles. The Bertz CT molecular complexity index is 151. The molecule has 0 heterocycles. The van der Waals surface area contributed by atoms with Crippen molar-refractivity contribution >= 4 is 0 Å². The Balaban J connectivity index is 2.34. The highest BCUT2D eigenvalue weighted by Crippen LogP contribution is 2.31. The van der Waals surface area contributed by atoms with E-state index in [1.165, 1.54) is 57.9 Å². The Kier molecular flexibility index (Phi) is 7.11. The molecule has 1 rings (SSSR count). The molecule has 0 spiro atoms. The summed E-state index contributed by atoms with van der Waals surface area (Å²) in [5.41, 5.74) is 0. The quantitative estimate of drug-likeness (QED) is 0.678. The zero-order chi connectivity index (χ0) is 11.8. The lowest BCUT2D eigenvalue weighted by Crippen LogP contribution is -2.38. The summed E-state index contributed by atoms with van der Waals surface area (Å²) in [5.74, 6) is 1.95. The fraction of sp³-hybridized carbons (Fsp3) is 1.00. The van der Waals surface area contributed by atoms with Crippen molar-refractivity contribution in [2.24, 2.45) is 11.8 Å². The third kappa shape index (κ3) is 4.86. The van der Waals surface area contributed by atoms with Gasteiger partial charge in [0.15, 0.2) is 0 Å². The van der Waals surface area contributed by atoms with Crippen molar-refractivity contribution in [3.63, 3.8) is 0 Å². The predicted octanol–water partition coefficient (Wildman–Crippen LogP) is 4.37. The fourth-order valence-corrected chi connectivity index (χ4v) is 2.95. The molecule has 1 aliphatic rings. The van der Waals surface area contributed by atoms with Gasteiger partial charge >= 0.3 is 0 Å². The molecule has 1 atom stereocenters. The van der Waals surface area contributed by atoms with Crippen LogP contribution in [0.15, 0.2) is 0 Å². The zero-order valence-electron chi connectivity index (χ0n) is 11.6. The van der Waals surface area contributed by atoms with Crippen molar-refractivity contribution < 1.29 is 0 Å². The van der Waals surface area contributed by atoms with E-state index in [0.717, 1.165) is 17.9 Å². The summed E-state index contributed by atoms with van der Waals surface area (Å²) in [4.78, 5) is 0. The van der Waals surface area contributed by atoms with Crippen LogP contribution in [0.2, 0.25) is 0 Å². The van der Waals surface area contributed by atoms with E-state index in [4.69, 9.17) is 0 Å². The summed E-state index contributed by atoms with van der Waals surface area (Å²) in [6.07, 6.45) is 11.3. The lowest BCUT2D eigenvalue weighted by Gasteiger charge is -2.33. The minimum absolute atomic E-state index is 0.812. The van der Waals surface area contributed by atoms with Gasteiger partial charge in [-0.1, -0.05) is 46.5 Å². The molecule has 0 radical (unpaired) electrons. The molecule has 1 fully saturated rings. The van der Waals surface area contributed by atoms with Gasteiger partial charge < -0.3 is 5.32 Å². The monoisotopic (exact) mass is 225 g/mol. The molecule has 1 unspecified atom stereocenters. The number of rotatable bonds is 7. The van der Waals surface area contributed by atoms with Gasteiger partial charge in [-0.3, -0.25) is 0 Å². The van der Waals surface area contributed by atoms with Crippen LogP contribution in [0.4, 0.5) is 0 Å². The van der Waals surface area contributed by atoms with E-state index in [0.29, 0.717) is 0 Å². The first kappa shape index (κ1) is 14.0. The molecule has 1 saturated carbocycles. The topological polar surface area (TPSA) is 12.0 Å². The Morgan fingerprint density at radius 1 is 1.06 bits per heavy atom. The van der Waals surface area contributed by atoms with Crippen LogP contribution in [-0.2, 0) is 0 Å². The largest absolute Gasteiger partial charge is 0.314 e. The van der Waals surface area contributed by atoms with E-state index in [2.05, 4.69) is 26.1 Å². The fourth-order valence-electron chi connectivity index (χ4n) is 2.95. The lowest BCUT2D eigenvalue weighted by atomic mass is 9.78. The Labute approximate surface area is 102 Å². The number of nitrogens with one attached hydrogen (secondary N) is 1. The van der Waals surface area contributed by atoms with Gasteiger partial charge in [0.05, 0.1) is 0 Å². The summed E-state index contributed by atoms with van der Waals surface area (Å²) >= 11 is 0. The summed E-state index contributed by atoms with van der Waals surface area (Å²) in [6.45, 7) is 8.20. The zero-order valence-corrected chi connectivity index (χ0v) is 11.6. The predicted molar refractivity (Wildman–Crippen MR) is 72.7 cm³/mol. The molecule has 1 N–H and O–H groups in total. The summed E-state index contributed by atoms with van der Waals surface area (Å²) < 4.78 is 0. The lowest BCUT2D eigenvalue weighted by molar-refractivity contribution is 0.220. The van der Waals surface area contributed by atoms with E-state index in [9.17, 15) is 0 Å². The normalized spacial score (nSPS) is 27.9. The van der Waals surface area contributed by atoms with Gasteiger partial charge in [0.25, 0.3) is 0 Å². The third-order valence-electron chi connectivity index (χ3n) is 4.15. The number of unbranched alkanes of at least 4 members (excludes halogenated alkanes) is 1. The maximum atomic E-state index is 3.79. The Morgan fingerprint density at radius 3 is 2.31 bits per heavy atom. The molecule has 0 saturated heterocycles. The van der Waals surface area contributed by atoms with Crippen LogP contribution in [0.5, 0.6) is 0 Å². The van der Waals surface area contributed by atoms with Crippen molar-refractivity contribution in [1.29, 1.82) is 0 Å².